The number of carbonyl (C=O) groups is 1. The highest BCUT2D eigenvalue weighted by Crippen LogP contribution is 2.26. The van der Waals surface area contributed by atoms with E-state index in [1.54, 1.807) is 25.2 Å². The van der Waals surface area contributed by atoms with Crippen LogP contribution in [0.4, 0.5) is 0 Å². The quantitative estimate of drug-likeness (QED) is 0.365. The van der Waals surface area contributed by atoms with Crippen LogP contribution in [0.5, 0.6) is 0 Å². The summed E-state index contributed by atoms with van der Waals surface area (Å²) in [5.74, 6) is -0.985. The first-order valence-electron chi connectivity index (χ1n) is 11.2. The molecule has 0 N–H and O–H groups in total. The molecular formula is C24H28N2O6S. The predicted octanol–water partition coefficient (Wildman–Crippen LogP) is 3.79. The van der Waals surface area contributed by atoms with Crippen molar-refractivity contribution in [3.63, 3.8) is 0 Å². The summed E-state index contributed by atoms with van der Waals surface area (Å²) in [5.41, 5.74) is 1.49. The Morgan fingerprint density at radius 1 is 1.09 bits per heavy atom. The number of hydrogen-bond donors (Lipinski definition) is 0. The average molecular weight is 473 g/mol. The molecule has 1 aromatic heterocycles. The SMILES string of the molecule is CN(C1CCCCC1)S(=O)(=O)c1ccc(C(=O)OCCCn2c(=O)oc3ccccc32)cc1. The molecule has 0 saturated heterocycles. The summed E-state index contributed by atoms with van der Waals surface area (Å²) in [7, 11) is -1.98. The smallest absolute Gasteiger partial charge is 0.419 e. The van der Waals surface area contributed by atoms with E-state index < -0.39 is 21.7 Å². The van der Waals surface area contributed by atoms with Crippen LogP contribution in [0, 0.1) is 0 Å². The summed E-state index contributed by atoms with van der Waals surface area (Å²) < 4.78 is 39.3. The van der Waals surface area contributed by atoms with E-state index >= 15 is 0 Å². The number of fused-ring (bicyclic) bond motifs is 1. The van der Waals surface area contributed by atoms with Gasteiger partial charge in [-0.3, -0.25) is 4.57 Å². The first-order chi connectivity index (χ1) is 15.9. The van der Waals surface area contributed by atoms with E-state index in [0.29, 0.717) is 24.1 Å². The molecule has 1 aliphatic rings. The molecule has 0 unspecified atom stereocenters. The summed E-state index contributed by atoms with van der Waals surface area (Å²) in [6.45, 7) is 0.475. The molecule has 0 aliphatic heterocycles. The van der Waals surface area contributed by atoms with E-state index in [1.165, 1.54) is 33.1 Å². The van der Waals surface area contributed by atoms with Crippen LogP contribution in [0.3, 0.4) is 0 Å². The van der Waals surface area contributed by atoms with Crippen LogP contribution in [0.2, 0.25) is 0 Å². The molecule has 2 aromatic carbocycles. The van der Waals surface area contributed by atoms with Crippen molar-refractivity contribution >= 4 is 27.1 Å². The third-order valence-electron chi connectivity index (χ3n) is 6.19. The Kier molecular flexibility index (Phi) is 6.99. The van der Waals surface area contributed by atoms with Crippen molar-refractivity contribution in [2.45, 2.75) is 56.0 Å². The Balaban J connectivity index is 1.32. The predicted molar refractivity (Wildman–Crippen MR) is 124 cm³/mol. The van der Waals surface area contributed by atoms with Gasteiger partial charge in [0.2, 0.25) is 10.0 Å². The zero-order valence-electron chi connectivity index (χ0n) is 18.6. The van der Waals surface area contributed by atoms with Gasteiger partial charge in [0.15, 0.2) is 5.58 Å². The lowest BCUT2D eigenvalue weighted by Gasteiger charge is -2.30. The Morgan fingerprint density at radius 3 is 2.52 bits per heavy atom. The van der Waals surface area contributed by atoms with Gasteiger partial charge >= 0.3 is 11.7 Å². The lowest BCUT2D eigenvalue weighted by Crippen LogP contribution is -2.38. The van der Waals surface area contributed by atoms with Crippen molar-refractivity contribution in [1.29, 1.82) is 0 Å². The number of aromatic nitrogens is 1. The number of hydrogen-bond acceptors (Lipinski definition) is 6. The largest absolute Gasteiger partial charge is 0.462 e. The van der Waals surface area contributed by atoms with Crippen LogP contribution in [0.15, 0.2) is 62.6 Å². The maximum atomic E-state index is 12.9. The van der Waals surface area contributed by atoms with Gasteiger partial charge in [-0.1, -0.05) is 31.4 Å². The molecule has 176 valence electrons. The molecule has 0 radical (unpaired) electrons. The molecule has 3 aromatic rings. The number of para-hydroxylation sites is 2. The summed E-state index contributed by atoms with van der Waals surface area (Å²) in [4.78, 5) is 24.5. The standard InChI is InChI=1S/C24H28N2O6S/c1-25(19-8-3-2-4-9-19)33(29,30)20-14-12-18(13-15-20)23(27)31-17-7-16-26-21-10-5-6-11-22(21)32-24(26)28/h5-6,10-15,19H,2-4,7-9,16-17H2,1H3. The van der Waals surface area contributed by atoms with Crippen LogP contribution >= 0.6 is 0 Å². The Bertz CT molecular complexity index is 1270. The molecule has 1 aliphatic carbocycles. The van der Waals surface area contributed by atoms with Crippen LogP contribution in [-0.2, 0) is 21.3 Å². The minimum atomic E-state index is -3.61. The number of nitrogens with zero attached hydrogens (tertiary/aromatic N) is 2. The summed E-state index contributed by atoms with van der Waals surface area (Å²) in [5, 5.41) is 0. The van der Waals surface area contributed by atoms with Crippen molar-refractivity contribution < 1.29 is 22.4 Å². The van der Waals surface area contributed by atoms with Crippen molar-refractivity contribution in [1.82, 2.24) is 8.87 Å². The van der Waals surface area contributed by atoms with E-state index in [-0.39, 0.29) is 23.1 Å². The normalized spacial score (nSPS) is 15.2. The number of oxazole rings is 1. The molecular weight excluding hydrogens is 444 g/mol. The van der Waals surface area contributed by atoms with E-state index in [4.69, 9.17) is 9.15 Å². The summed E-state index contributed by atoms with van der Waals surface area (Å²) in [6.07, 6.45) is 5.42. The monoisotopic (exact) mass is 472 g/mol. The molecule has 1 heterocycles. The zero-order chi connectivity index (χ0) is 23.4. The highest BCUT2D eigenvalue weighted by Gasteiger charge is 2.29. The van der Waals surface area contributed by atoms with Crippen LogP contribution in [-0.4, -0.2) is 43.0 Å². The molecule has 8 nitrogen and oxygen atoms in total. The first kappa shape index (κ1) is 23.3. The lowest BCUT2D eigenvalue weighted by molar-refractivity contribution is 0.0495. The average Bonchev–Trinajstić information content (AvgIpc) is 3.16. The maximum Gasteiger partial charge on any atom is 0.419 e. The van der Waals surface area contributed by atoms with Gasteiger partial charge in [0, 0.05) is 19.6 Å². The van der Waals surface area contributed by atoms with Gasteiger partial charge in [0.25, 0.3) is 0 Å². The van der Waals surface area contributed by atoms with Gasteiger partial charge in [-0.2, -0.15) is 4.31 Å². The van der Waals surface area contributed by atoms with Gasteiger partial charge in [0.05, 0.1) is 22.6 Å². The molecule has 9 heteroatoms. The van der Waals surface area contributed by atoms with Crippen molar-refractivity contribution in [3.05, 3.63) is 64.6 Å². The fourth-order valence-electron chi connectivity index (χ4n) is 4.27. The Labute approximate surface area is 192 Å². The number of esters is 1. The number of benzene rings is 2. The minimum Gasteiger partial charge on any atom is -0.462 e. The van der Waals surface area contributed by atoms with Crippen LogP contribution in [0.25, 0.3) is 11.1 Å². The minimum absolute atomic E-state index is 0.0215. The van der Waals surface area contributed by atoms with Gasteiger partial charge in [0.1, 0.15) is 0 Å². The van der Waals surface area contributed by atoms with Crippen molar-refractivity contribution in [2.24, 2.45) is 0 Å². The molecule has 0 spiro atoms. The third kappa shape index (κ3) is 5.04. The number of aryl methyl sites for hydroxylation is 1. The second kappa shape index (κ2) is 9.93. The topological polar surface area (TPSA) is 98.8 Å². The molecule has 0 atom stereocenters. The maximum absolute atomic E-state index is 12.9. The second-order valence-electron chi connectivity index (χ2n) is 8.31. The van der Waals surface area contributed by atoms with Crippen LogP contribution in [0.1, 0.15) is 48.9 Å². The van der Waals surface area contributed by atoms with Gasteiger partial charge in [-0.25, -0.2) is 18.0 Å². The second-order valence-corrected chi connectivity index (χ2v) is 10.3. The van der Waals surface area contributed by atoms with E-state index in [2.05, 4.69) is 0 Å². The fourth-order valence-corrected chi connectivity index (χ4v) is 5.68. The lowest BCUT2D eigenvalue weighted by atomic mass is 9.96. The number of ether oxygens (including phenoxy) is 1. The number of sulfonamides is 1. The Morgan fingerprint density at radius 2 is 1.79 bits per heavy atom. The van der Waals surface area contributed by atoms with Gasteiger partial charge < -0.3 is 9.15 Å². The highest BCUT2D eigenvalue weighted by atomic mass is 32.2. The highest BCUT2D eigenvalue weighted by molar-refractivity contribution is 7.89. The molecule has 33 heavy (non-hydrogen) atoms. The van der Waals surface area contributed by atoms with Gasteiger partial charge in [-0.15, -0.1) is 0 Å². The van der Waals surface area contributed by atoms with E-state index in [9.17, 15) is 18.0 Å². The summed E-state index contributed by atoms with van der Waals surface area (Å²) in [6, 6.07) is 13.0. The fraction of sp³-hybridized carbons (Fsp3) is 0.417. The number of rotatable bonds is 8. The first-order valence-corrected chi connectivity index (χ1v) is 12.7. The molecule has 0 bridgehead atoms. The van der Waals surface area contributed by atoms with Crippen molar-refractivity contribution in [3.8, 4) is 0 Å². The Hall–Kier alpha value is -2.91. The number of carbonyl (C=O) groups excluding carboxylic acids is 1. The third-order valence-corrected chi connectivity index (χ3v) is 8.11. The zero-order valence-corrected chi connectivity index (χ0v) is 19.4. The molecule has 1 saturated carbocycles. The van der Waals surface area contributed by atoms with E-state index in [0.717, 1.165) is 32.1 Å². The molecule has 0 amide bonds. The van der Waals surface area contributed by atoms with Gasteiger partial charge in [-0.05, 0) is 55.7 Å². The van der Waals surface area contributed by atoms with Crippen LogP contribution < -0.4 is 5.76 Å². The summed E-state index contributed by atoms with van der Waals surface area (Å²) >= 11 is 0. The van der Waals surface area contributed by atoms with Crippen molar-refractivity contribution in [2.75, 3.05) is 13.7 Å². The van der Waals surface area contributed by atoms with E-state index in [1.807, 2.05) is 6.07 Å². The molecule has 4 rings (SSSR count). The molecule has 1 fully saturated rings.